The van der Waals surface area contributed by atoms with Crippen LogP contribution in [0, 0.1) is 5.92 Å². The van der Waals surface area contributed by atoms with Gasteiger partial charge in [0.1, 0.15) is 35.6 Å². The summed E-state index contributed by atoms with van der Waals surface area (Å²) in [5.41, 5.74) is 6.10. The Bertz CT molecular complexity index is 2340. The molecule has 5 heterocycles. The molecule has 0 saturated carbocycles. The van der Waals surface area contributed by atoms with Crippen molar-refractivity contribution in [3.63, 3.8) is 0 Å². The molecular formula is C43H51N7O7. The average molecular weight is 778 g/mol. The zero-order valence-corrected chi connectivity index (χ0v) is 33.6. The van der Waals surface area contributed by atoms with Gasteiger partial charge in [0, 0.05) is 37.1 Å². The van der Waals surface area contributed by atoms with Crippen LogP contribution < -0.4 is 10.1 Å². The number of ether oxygens (including phenoxy) is 4. The Kier molecular flexibility index (Phi) is 10.1. The number of aromatic nitrogens is 4. The lowest BCUT2D eigenvalue weighted by molar-refractivity contribution is -0.136. The first-order valence-corrected chi connectivity index (χ1v) is 19.9. The van der Waals surface area contributed by atoms with Crippen molar-refractivity contribution in [2.45, 2.75) is 97.2 Å². The molecule has 0 aliphatic carbocycles. The second kappa shape index (κ2) is 15.0. The number of carbonyl (C=O) groups is 3. The molecule has 2 saturated heterocycles. The first-order valence-electron chi connectivity index (χ1n) is 19.9. The second-order valence-electron chi connectivity index (χ2n) is 16.5. The van der Waals surface area contributed by atoms with Crippen LogP contribution in [0.4, 0.5) is 9.59 Å². The number of fused-ring (bicyclic) bond motifs is 6. The first kappa shape index (κ1) is 38.3. The number of alkyl carbamates (subject to hydrolysis) is 1. The zero-order valence-electron chi connectivity index (χ0n) is 33.6. The number of rotatable bonds is 8. The molecular weight excluding hydrogens is 727 g/mol. The van der Waals surface area contributed by atoms with Gasteiger partial charge in [-0.15, -0.1) is 0 Å². The summed E-state index contributed by atoms with van der Waals surface area (Å²) >= 11 is 0. The number of methoxy groups -OCH3 is 1. The van der Waals surface area contributed by atoms with E-state index in [1.807, 2.05) is 53.8 Å². The molecule has 1 unspecified atom stereocenters. The monoisotopic (exact) mass is 777 g/mol. The Morgan fingerprint density at radius 2 is 1.84 bits per heavy atom. The van der Waals surface area contributed by atoms with Crippen LogP contribution in [0.2, 0.25) is 0 Å². The molecule has 2 aromatic heterocycles. The van der Waals surface area contributed by atoms with Crippen molar-refractivity contribution in [3.05, 3.63) is 65.9 Å². The Labute approximate surface area is 331 Å². The van der Waals surface area contributed by atoms with Crippen molar-refractivity contribution < 1.29 is 33.3 Å². The molecule has 14 heteroatoms. The molecule has 0 radical (unpaired) electrons. The van der Waals surface area contributed by atoms with Gasteiger partial charge < -0.3 is 39.1 Å². The van der Waals surface area contributed by atoms with Crippen LogP contribution in [0.25, 0.3) is 44.2 Å². The molecule has 300 valence electrons. The molecule has 4 atom stereocenters. The van der Waals surface area contributed by atoms with Gasteiger partial charge in [0.25, 0.3) is 0 Å². The van der Waals surface area contributed by atoms with E-state index in [0.717, 1.165) is 74.2 Å². The minimum Gasteiger partial charge on any atom is -0.488 e. The quantitative estimate of drug-likeness (QED) is 0.143. The van der Waals surface area contributed by atoms with Crippen molar-refractivity contribution in [1.82, 2.24) is 35.1 Å². The standard InChI is InChI=1S/C43H51N7O7/c1-8-55-27-18-34(50(21-27)40(51)36(23(2)3)48-41(52)54-7)39-45-31-14-12-24-17-30-28-13-11-25(16-26(28)22-56-35(30)19-29(24)37(31)47-39)32-20-44-38(46-32)33-10-9-15-49(33)42(53)57-43(4,5)6/h11-14,16-17,19-20,23,27,33-34,36H,8-10,15,18,21-22H2,1-7H3,(H,44,46)(H,45,47)(H,48,52)/t27?,33-,34-,36-/m0/s1. The van der Waals surface area contributed by atoms with Crippen LogP contribution in [-0.4, -0.2) is 92.4 Å². The third kappa shape index (κ3) is 7.38. The number of benzene rings is 3. The number of hydrogen-bond donors (Lipinski definition) is 3. The van der Waals surface area contributed by atoms with Crippen LogP contribution in [0.1, 0.15) is 90.1 Å². The fourth-order valence-electron chi connectivity index (χ4n) is 8.42. The molecule has 0 bridgehead atoms. The Morgan fingerprint density at radius 1 is 1.02 bits per heavy atom. The van der Waals surface area contributed by atoms with E-state index in [1.165, 1.54) is 7.11 Å². The van der Waals surface area contributed by atoms with Crippen molar-refractivity contribution in [3.8, 4) is 28.1 Å². The smallest absolute Gasteiger partial charge is 0.410 e. The second-order valence-corrected chi connectivity index (χ2v) is 16.5. The average Bonchev–Trinajstić information content (AvgIpc) is 4.01. The summed E-state index contributed by atoms with van der Waals surface area (Å²) in [6, 6.07) is 13.4. The normalized spacial score (nSPS) is 19.8. The number of hydrogen-bond acceptors (Lipinski definition) is 9. The molecule has 14 nitrogen and oxygen atoms in total. The minimum absolute atomic E-state index is 0.161. The molecule has 8 rings (SSSR count). The van der Waals surface area contributed by atoms with E-state index in [1.54, 1.807) is 9.80 Å². The van der Waals surface area contributed by atoms with Gasteiger partial charge in [-0.2, -0.15) is 0 Å². The number of amides is 3. The van der Waals surface area contributed by atoms with Gasteiger partial charge in [-0.05, 0) is 92.8 Å². The third-order valence-corrected chi connectivity index (χ3v) is 11.1. The van der Waals surface area contributed by atoms with Gasteiger partial charge in [0.2, 0.25) is 5.91 Å². The lowest BCUT2D eigenvalue weighted by atomic mass is 9.92. The van der Waals surface area contributed by atoms with E-state index in [2.05, 4.69) is 51.7 Å². The number of nitrogens with one attached hydrogen (secondary N) is 3. The highest BCUT2D eigenvalue weighted by atomic mass is 16.6. The number of carbonyl (C=O) groups excluding carboxylic acids is 3. The largest absolute Gasteiger partial charge is 0.488 e. The highest BCUT2D eigenvalue weighted by Gasteiger charge is 2.42. The van der Waals surface area contributed by atoms with Crippen molar-refractivity contribution in [1.29, 1.82) is 0 Å². The summed E-state index contributed by atoms with van der Waals surface area (Å²) < 4.78 is 22.9. The van der Waals surface area contributed by atoms with E-state index in [9.17, 15) is 14.4 Å². The van der Waals surface area contributed by atoms with Crippen LogP contribution in [0.15, 0.2) is 48.7 Å². The van der Waals surface area contributed by atoms with E-state index in [-0.39, 0.29) is 36.1 Å². The molecule has 0 spiro atoms. The minimum atomic E-state index is -0.765. The first-order chi connectivity index (χ1) is 27.3. The summed E-state index contributed by atoms with van der Waals surface area (Å²) in [7, 11) is 1.29. The van der Waals surface area contributed by atoms with E-state index in [0.29, 0.717) is 38.5 Å². The van der Waals surface area contributed by atoms with Crippen LogP contribution in [-0.2, 0) is 25.6 Å². The van der Waals surface area contributed by atoms with Crippen LogP contribution in [0.3, 0.4) is 0 Å². The summed E-state index contributed by atoms with van der Waals surface area (Å²) in [5, 5.41) is 4.71. The molecule has 3 amide bonds. The van der Waals surface area contributed by atoms with Crippen molar-refractivity contribution >= 4 is 39.9 Å². The number of imidazole rings is 2. The highest BCUT2D eigenvalue weighted by Crippen LogP contribution is 2.43. The van der Waals surface area contributed by atoms with E-state index in [4.69, 9.17) is 28.9 Å². The topological polar surface area (TPSA) is 164 Å². The predicted molar refractivity (Wildman–Crippen MR) is 215 cm³/mol. The predicted octanol–water partition coefficient (Wildman–Crippen LogP) is 7.80. The fraction of sp³-hybridized carbons (Fsp3) is 0.465. The number of H-pyrrole nitrogens is 2. The van der Waals surface area contributed by atoms with Crippen LogP contribution in [0.5, 0.6) is 5.75 Å². The maximum atomic E-state index is 14.0. The van der Waals surface area contributed by atoms with Crippen molar-refractivity contribution in [2.75, 3.05) is 26.8 Å². The Morgan fingerprint density at radius 3 is 2.60 bits per heavy atom. The summed E-state index contributed by atoms with van der Waals surface area (Å²) in [6.07, 6.45) is 2.98. The van der Waals surface area contributed by atoms with Gasteiger partial charge in [-0.25, -0.2) is 19.6 Å². The molecule has 3 aromatic carbocycles. The van der Waals surface area contributed by atoms with Crippen molar-refractivity contribution in [2.24, 2.45) is 5.92 Å². The lowest BCUT2D eigenvalue weighted by Crippen LogP contribution is -2.51. The number of aromatic amines is 2. The number of likely N-dealkylation sites (tertiary alicyclic amines) is 2. The van der Waals surface area contributed by atoms with Crippen LogP contribution >= 0.6 is 0 Å². The van der Waals surface area contributed by atoms with Gasteiger partial charge in [-0.1, -0.05) is 32.0 Å². The maximum absolute atomic E-state index is 14.0. The molecule has 3 aliphatic heterocycles. The maximum Gasteiger partial charge on any atom is 0.410 e. The van der Waals surface area contributed by atoms with Gasteiger partial charge in [0.15, 0.2) is 0 Å². The summed E-state index contributed by atoms with van der Waals surface area (Å²) in [4.78, 5) is 59.4. The summed E-state index contributed by atoms with van der Waals surface area (Å²) in [6.45, 7) is 13.3. The van der Waals surface area contributed by atoms with E-state index < -0.39 is 17.7 Å². The number of nitrogens with zero attached hydrogens (tertiary/aromatic N) is 4. The lowest BCUT2D eigenvalue weighted by Gasteiger charge is -2.29. The van der Waals surface area contributed by atoms with Gasteiger partial charge >= 0.3 is 12.2 Å². The molecule has 5 aromatic rings. The zero-order chi connectivity index (χ0) is 40.2. The fourth-order valence-corrected chi connectivity index (χ4v) is 8.42. The molecule has 57 heavy (non-hydrogen) atoms. The van der Waals surface area contributed by atoms with Gasteiger partial charge in [-0.3, -0.25) is 9.69 Å². The highest BCUT2D eigenvalue weighted by molar-refractivity contribution is 6.07. The Balaban J connectivity index is 1.06. The third-order valence-electron chi connectivity index (χ3n) is 11.1. The molecule has 3 aliphatic rings. The molecule has 3 N–H and O–H groups in total. The molecule has 2 fully saturated rings. The SMILES string of the molecule is CCOC1C[C@@H](c2nc3ccc4cc5c(cc4c3[nH]2)OCc2cc(-c3cnc([C@@H]4CCCN4C(=O)OC(C)(C)C)[nH]3)ccc2-5)N(C(=O)[C@@H](NC(=O)OC)C(C)C)C1. The van der Waals surface area contributed by atoms with E-state index >= 15 is 0 Å². The summed E-state index contributed by atoms with van der Waals surface area (Å²) in [5.74, 6) is 1.83. The Hall–Kier alpha value is -5.63. The van der Waals surface area contributed by atoms with Gasteiger partial charge in [0.05, 0.1) is 48.2 Å².